The molecular weight excluding hydrogens is 242 g/mol. The first kappa shape index (κ1) is 14.7. The Labute approximate surface area is 93.6 Å². The number of carbonyl (C=O) groups is 3. The fourth-order valence-electron chi connectivity index (χ4n) is 0.700. The Balaban J connectivity index is 0.000000385. The topological polar surface area (TPSA) is 124 Å². The zero-order chi connectivity index (χ0) is 12.7. The summed E-state index contributed by atoms with van der Waals surface area (Å²) >= 11 is -2.86. The van der Waals surface area contributed by atoms with Gasteiger partial charge in [0.2, 0.25) is 0 Å². The second-order valence-corrected chi connectivity index (χ2v) is 3.17. The lowest BCUT2D eigenvalue weighted by molar-refractivity contribution is -0.164. The molecule has 0 aliphatic carbocycles. The van der Waals surface area contributed by atoms with Crippen molar-refractivity contribution in [1.29, 1.82) is 0 Å². The van der Waals surface area contributed by atoms with Crippen molar-refractivity contribution >= 4 is 29.1 Å². The molecule has 1 aliphatic heterocycles. The van der Waals surface area contributed by atoms with Crippen LogP contribution in [-0.2, 0) is 30.0 Å². The predicted molar refractivity (Wildman–Crippen MR) is 49.0 cm³/mol. The Morgan fingerprint density at radius 2 is 1.88 bits per heavy atom. The van der Waals surface area contributed by atoms with Crippen LogP contribution in [0.15, 0.2) is 0 Å². The van der Waals surface area contributed by atoms with Gasteiger partial charge in [0.25, 0.3) is 11.8 Å². The van der Waals surface area contributed by atoms with Crippen LogP contribution in [0.2, 0.25) is 0 Å². The highest BCUT2D eigenvalue weighted by Gasteiger charge is 2.30. The summed E-state index contributed by atoms with van der Waals surface area (Å²) in [5, 5.41) is 7.98. The molecule has 1 unspecified atom stereocenters. The molecule has 1 rings (SSSR count). The van der Waals surface area contributed by atoms with Crippen LogP contribution < -0.4 is 0 Å². The van der Waals surface area contributed by atoms with Crippen molar-refractivity contribution in [3.8, 4) is 0 Å². The fourth-order valence-corrected chi connectivity index (χ4v) is 0.988. The first-order valence-corrected chi connectivity index (χ1v) is 5.23. The van der Waals surface area contributed by atoms with Crippen LogP contribution >= 0.6 is 0 Å². The van der Waals surface area contributed by atoms with E-state index in [1.807, 2.05) is 0 Å². The third-order valence-corrected chi connectivity index (χ3v) is 1.71. The summed E-state index contributed by atoms with van der Waals surface area (Å²) in [6.45, 7) is 1.60. The van der Waals surface area contributed by atoms with Crippen molar-refractivity contribution in [3.63, 3.8) is 0 Å². The molecule has 16 heavy (non-hydrogen) atoms. The third-order valence-electron chi connectivity index (χ3n) is 1.44. The summed E-state index contributed by atoms with van der Waals surface area (Å²) in [7, 11) is 0. The minimum atomic E-state index is -2.86. The Hall–Kier alpha value is -1.32. The van der Waals surface area contributed by atoms with Crippen molar-refractivity contribution in [2.24, 2.45) is 0 Å². The molecule has 1 heterocycles. The molecule has 8 nitrogen and oxygen atoms in total. The lowest BCUT2D eigenvalue weighted by atomic mass is 10.4. The number of amides is 2. The minimum absolute atomic E-state index is 0.00995. The van der Waals surface area contributed by atoms with Gasteiger partial charge in [-0.1, -0.05) is 6.92 Å². The van der Waals surface area contributed by atoms with Crippen LogP contribution in [0, 0.1) is 0 Å². The summed E-state index contributed by atoms with van der Waals surface area (Å²) in [5.74, 6) is -2.00. The second-order valence-electron chi connectivity index (χ2n) is 2.61. The Morgan fingerprint density at radius 1 is 1.50 bits per heavy atom. The van der Waals surface area contributed by atoms with E-state index in [0.717, 1.165) is 0 Å². The molecule has 0 radical (unpaired) electrons. The predicted octanol–water partition coefficient (Wildman–Crippen LogP) is -0.658. The zero-order valence-electron chi connectivity index (χ0n) is 8.37. The van der Waals surface area contributed by atoms with Gasteiger partial charge in [-0.25, -0.2) is 4.21 Å². The smallest absolute Gasteiger partial charge is 0.303 e. The molecule has 2 amide bonds. The first-order chi connectivity index (χ1) is 7.38. The van der Waals surface area contributed by atoms with E-state index < -0.39 is 29.1 Å². The van der Waals surface area contributed by atoms with E-state index >= 15 is 0 Å². The van der Waals surface area contributed by atoms with Crippen molar-refractivity contribution in [1.82, 2.24) is 5.06 Å². The number of hydrogen-bond donors (Lipinski definition) is 1. The van der Waals surface area contributed by atoms with Crippen molar-refractivity contribution < 1.29 is 32.5 Å². The third kappa shape index (κ3) is 5.53. The van der Waals surface area contributed by atoms with E-state index in [1.54, 1.807) is 6.92 Å². The molecule has 0 aromatic carbocycles. The molecule has 1 N–H and O–H groups in total. The number of hydrogen-bond acceptors (Lipinski definition) is 6. The van der Waals surface area contributed by atoms with Crippen LogP contribution in [0.3, 0.4) is 0 Å². The van der Waals surface area contributed by atoms with Gasteiger partial charge in [0.05, 0.1) is 0 Å². The van der Waals surface area contributed by atoms with E-state index in [9.17, 15) is 23.1 Å². The van der Waals surface area contributed by atoms with Gasteiger partial charge in [0.1, 0.15) is 11.4 Å². The number of hydroxylamine groups is 2. The van der Waals surface area contributed by atoms with E-state index in [1.165, 1.54) is 0 Å². The summed E-state index contributed by atoms with van der Waals surface area (Å²) in [4.78, 5) is 30.6. The van der Waals surface area contributed by atoms with Crippen LogP contribution in [0.4, 0.5) is 0 Å². The number of nitrogens with zero attached hydrogens (tertiary/aromatic N) is 1. The van der Waals surface area contributed by atoms with Gasteiger partial charge in [0.15, 0.2) is 0 Å². The van der Waals surface area contributed by atoms with Crippen molar-refractivity contribution in [3.05, 3.63) is 0 Å². The molecule has 0 saturated carbocycles. The first-order valence-electron chi connectivity index (χ1n) is 4.23. The largest absolute Gasteiger partial charge is 0.748 e. The van der Waals surface area contributed by atoms with Gasteiger partial charge in [-0.15, -0.1) is 5.06 Å². The maximum absolute atomic E-state index is 10.6. The molecule has 92 valence electrons. The summed E-state index contributed by atoms with van der Waals surface area (Å²) in [5.41, 5.74) is 0. The highest BCUT2D eigenvalue weighted by Crippen LogP contribution is 2.12. The lowest BCUT2D eigenvalue weighted by Crippen LogP contribution is -2.29. The number of imide groups is 1. The molecule has 1 atom stereocenters. The molecule has 1 fully saturated rings. The van der Waals surface area contributed by atoms with Crippen LogP contribution in [0.1, 0.15) is 26.2 Å². The number of carboxylic acids is 1. The maximum atomic E-state index is 10.6. The fraction of sp³-hybridized carbons (Fsp3) is 0.571. The molecule has 1 saturated heterocycles. The summed E-state index contributed by atoms with van der Waals surface area (Å²) < 4.78 is 23.6. The minimum Gasteiger partial charge on any atom is -0.748 e. The highest BCUT2D eigenvalue weighted by atomic mass is 32.2. The van der Waals surface area contributed by atoms with Gasteiger partial charge in [-0.05, 0) is 0 Å². The maximum Gasteiger partial charge on any atom is 0.303 e. The average Bonchev–Trinajstić information content (AvgIpc) is 2.50. The normalized spacial score (nSPS) is 16.8. The monoisotopic (exact) mass is 252 g/mol. The number of carboxylic acid groups (broad SMARTS) is 1. The quantitative estimate of drug-likeness (QED) is 0.522. The van der Waals surface area contributed by atoms with Gasteiger partial charge >= 0.3 is 5.97 Å². The van der Waals surface area contributed by atoms with Crippen molar-refractivity contribution in [2.45, 2.75) is 26.2 Å². The van der Waals surface area contributed by atoms with Gasteiger partial charge in [-0.2, -0.15) is 4.28 Å². The second kappa shape index (κ2) is 7.04. The highest BCUT2D eigenvalue weighted by molar-refractivity contribution is 7.74. The number of carbonyl (C=O) groups excluding carboxylic acids is 2. The van der Waals surface area contributed by atoms with E-state index in [-0.39, 0.29) is 24.3 Å². The Morgan fingerprint density at radius 3 is 2.12 bits per heavy atom. The zero-order valence-corrected chi connectivity index (χ0v) is 9.19. The SMILES string of the molecule is CCC(=O)O.O=C1CCC(=O)N1OS(=O)[O-]. The Kier molecular flexibility index (Phi) is 6.46. The number of rotatable bonds is 3. The van der Waals surface area contributed by atoms with Gasteiger partial charge < -0.3 is 9.66 Å². The molecule has 0 bridgehead atoms. The number of aliphatic carboxylic acids is 1. The summed E-state index contributed by atoms with van der Waals surface area (Å²) in [6.07, 6.45) is 0.242. The molecule has 0 aromatic rings. The van der Waals surface area contributed by atoms with E-state index in [4.69, 9.17) is 5.11 Å². The summed E-state index contributed by atoms with van der Waals surface area (Å²) in [6, 6.07) is 0. The van der Waals surface area contributed by atoms with E-state index in [0.29, 0.717) is 0 Å². The van der Waals surface area contributed by atoms with Crippen molar-refractivity contribution in [2.75, 3.05) is 0 Å². The van der Waals surface area contributed by atoms with Crippen LogP contribution in [0.5, 0.6) is 0 Å². The molecule has 0 aromatic heterocycles. The molecule has 1 aliphatic rings. The standard InChI is InChI=1S/C4H5NO5S.C3H6O2/c6-3-1-2-4(7)5(3)10-11(8)9;1-2-3(4)5/h1-2H2,(H,8,9);2H2,1H3,(H,4,5)/p-1. The molecule has 9 heteroatoms. The van der Waals surface area contributed by atoms with Crippen LogP contribution in [-0.4, -0.2) is 36.7 Å². The van der Waals surface area contributed by atoms with Gasteiger partial charge in [-0.3, -0.25) is 14.4 Å². The molecular formula is C7H10NO7S-. The van der Waals surface area contributed by atoms with Gasteiger partial charge in [0, 0.05) is 19.3 Å². The van der Waals surface area contributed by atoms with Crippen LogP contribution in [0.25, 0.3) is 0 Å². The Bertz CT molecular complexity index is 300. The lowest BCUT2D eigenvalue weighted by Gasteiger charge is -2.12. The average molecular weight is 252 g/mol. The van der Waals surface area contributed by atoms with E-state index in [2.05, 4.69) is 4.28 Å². The molecule has 0 spiro atoms.